The Labute approximate surface area is 194 Å². The Hall–Kier alpha value is -2.61. The van der Waals surface area contributed by atoms with Crippen molar-refractivity contribution < 1.29 is 13.6 Å². The van der Waals surface area contributed by atoms with Gasteiger partial charge in [0.05, 0.1) is 12.4 Å². The molecule has 1 saturated heterocycles. The second-order valence-corrected chi connectivity index (χ2v) is 9.16. The topological polar surface area (TPSA) is 61.4 Å². The maximum atomic E-state index is 13.2. The lowest BCUT2D eigenvalue weighted by molar-refractivity contribution is 0.0906. The molecule has 1 atom stereocenters. The highest BCUT2D eigenvalue weighted by molar-refractivity contribution is 5.94. The maximum absolute atomic E-state index is 13.2. The minimum atomic E-state index is -0.420. The number of hydrogen-bond acceptors (Lipinski definition) is 5. The van der Waals surface area contributed by atoms with Crippen LogP contribution in [0.15, 0.2) is 36.7 Å². The number of anilines is 1. The molecule has 2 fully saturated rings. The van der Waals surface area contributed by atoms with Crippen molar-refractivity contribution >= 4 is 11.9 Å². The van der Waals surface area contributed by atoms with Gasteiger partial charge in [-0.05, 0) is 62.4 Å². The van der Waals surface area contributed by atoms with Crippen LogP contribution in [-0.4, -0.2) is 59.5 Å². The Bertz CT molecular complexity index is 879. The Morgan fingerprint density at radius 3 is 2.30 bits per heavy atom. The van der Waals surface area contributed by atoms with Gasteiger partial charge in [0.1, 0.15) is 5.82 Å². The van der Waals surface area contributed by atoms with E-state index in [1.165, 1.54) is 43.8 Å². The molecule has 6 nitrogen and oxygen atoms in total. The molecule has 1 amide bonds. The molecule has 4 rings (SSSR count). The first-order chi connectivity index (χ1) is 16.1. The zero-order chi connectivity index (χ0) is 23.0. The fourth-order valence-electron chi connectivity index (χ4n) is 4.99. The molecule has 1 aromatic carbocycles. The molecule has 1 aromatic heterocycles. The van der Waals surface area contributed by atoms with E-state index in [0.29, 0.717) is 17.4 Å². The summed E-state index contributed by atoms with van der Waals surface area (Å²) in [6.07, 6.45) is 10.4. The van der Waals surface area contributed by atoms with Crippen molar-refractivity contribution in [2.75, 3.05) is 37.6 Å². The minimum Gasteiger partial charge on any atom is -0.349 e. The van der Waals surface area contributed by atoms with Crippen LogP contribution in [0.25, 0.3) is 0 Å². The van der Waals surface area contributed by atoms with E-state index in [-0.39, 0.29) is 17.8 Å². The molecule has 0 radical (unpaired) electrons. The van der Waals surface area contributed by atoms with Crippen molar-refractivity contribution in [1.82, 2.24) is 20.2 Å². The highest BCUT2D eigenvalue weighted by atomic mass is 19.1. The van der Waals surface area contributed by atoms with Crippen LogP contribution < -0.4 is 10.2 Å². The quantitative estimate of drug-likeness (QED) is 0.648. The molecule has 1 unspecified atom stereocenters. The predicted octanol–water partition coefficient (Wildman–Crippen LogP) is 4.04. The third-order valence-electron chi connectivity index (χ3n) is 6.89. The third-order valence-corrected chi connectivity index (χ3v) is 6.89. The molecule has 33 heavy (non-hydrogen) atoms. The summed E-state index contributed by atoms with van der Waals surface area (Å²) < 4.78 is 26.3. The summed E-state index contributed by atoms with van der Waals surface area (Å²) in [5.41, 5.74) is 0.511. The van der Waals surface area contributed by atoms with Gasteiger partial charge in [-0.3, -0.25) is 9.69 Å². The van der Waals surface area contributed by atoms with Gasteiger partial charge in [0.15, 0.2) is 5.82 Å². The molecule has 2 aliphatic rings. The van der Waals surface area contributed by atoms with Crippen LogP contribution in [0, 0.1) is 17.6 Å². The molecule has 8 heteroatoms. The van der Waals surface area contributed by atoms with Crippen LogP contribution in [0.1, 0.15) is 55.3 Å². The number of carbonyl (C=O) groups excluding carboxylic acids is 1. The molecule has 2 aromatic rings. The van der Waals surface area contributed by atoms with E-state index >= 15 is 0 Å². The van der Waals surface area contributed by atoms with Gasteiger partial charge < -0.3 is 10.2 Å². The number of hydrogen-bond donors (Lipinski definition) is 1. The van der Waals surface area contributed by atoms with Crippen molar-refractivity contribution in [2.24, 2.45) is 5.92 Å². The largest absolute Gasteiger partial charge is 0.349 e. The Kier molecular flexibility index (Phi) is 8.20. The van der Waals surface area contributed by atoms with Crippen LogP contribution in [0.5, 0.6) is 0 Å². The van der Waals surface area contributed by atoms with Crippen molar-refractivity contribution in [3.8, 4) is 0 Å². The molecule has 1 N–H and O–H groups in total. The molecular weight excluding hydrogens is 424 g/mol. The number of benzene rings is 1. The molecule has 0 bridgehead atoms. The van der Waals surface area contributed by atoms with Gasteiger partial charge in [-0.15, -0.1) is 0 Å². The molecule has 178 valence electrons. The Morgan fingerprint density at radius 1 is 0.970 bits per heavy atom. The number of amides is 1. The van der Waals surface area contributed by atoms with E-state index in [9.17, 15) is 13.6 Å². The standard InChI is InChI=1S/C25H33F2N5O/c26-21-10-8-20(9-11-21)24(33)30-23(19-5-2-1-3-6-19)7-4-12-31-13-15-32(16-14-31)25-28-17-22(27)18-29-25/h8-11,17-19,23H,1-7,12-16H2,(H,30,33). The summed E-state index contributed by atoms with van der Waals surface area (Å²) in [4.78, 5) is 25.5. The third kappa shape index (κ3) is 6.69. The maximum Gasteiger partial charge on any atom is 0.251 e. The van der Waals surface area contributed by atoms with Gasteiger partial charge in [0, 0.05) is 37.8 Å². The predicted molar refractivity (Wildman–Crippen MR) is 124 cm³/mol. The van der Waals surface area contributed by atoms with E-state index in [1.807, 2.05) is 0 Å². The van der Waals surface area contributed by atoms with Crippen LogP contribution in [-0.2, 0) is 0 Å². The first-order valence-corrected chi connectivity index (χ1v) is 12.1. The highest BCUT2D eigenvalue weighted by Gasteiger charge is 2.26. The second kappa shape index (κ2) is 11.5. The smallest absolute Gasteiger partial charge is 0.251 e. The van der Waals surface area contributed by atoms with E-state index in [1.54, 1.807) is 12.1 Å². The number of nitrogens with zero attached hydrogens (tertiary/aromatic N) is 4. The monoisotopic (exact) mass is 457 g/mol. The Morgan fingerprint density at radius 2 is 1.64 bits per heavy atom. The van der Waals surface area contributed by atoms with E-state index in [4.69, 9.17) is 0 Å². The molecule has 0 spiro atoms. The normalized spacial score (nSPS) is 18.8. The van der Waals surface area contributed by atoms with Crippen molar-refractivity contribution in [3.63, 3.8) is 0 Å². The molecule has 1 aliphatic heterocycles. The van der Waals surface area contributed by atoms with Gasteiger partial charge in [-0.2, -0.15) is 0 Å². The van der Waals surface area contributed by atoms with Gasteiger partial charge in [0.25, 0.3) is 5.91 Å². The number of piperazine rings is 1. The van der Waals surface area contributed by atoms with E-state index < -0.39 is 5.82 Å². The average molecular weight is 458 g/mol. The van der Waals surface area contributed by atoms with Gasteiger partial charge in [-0.1, -0.05) is 19.3 Å². The number of carbonyl (C=O) groups is 1. The van der Waals surface area contributed by atoms with Crippen LogP contribution >= 0.6 is 0 Å². The fraction of sp³-hybridized carbons (Fsp3) is 0.560. The van der Waals surface area contributed by atoms with Gasteiger partial charge >= 0.3 is 0 Å². The van der Waals surface area contributed by atoms with E-state index in [0.717, 1.165) is 58.4 Å². The summed E-state index contributed by atoms with van der Waals surface area (Å²) in [7, 11) is 0. The highest BCUT2D eigenvalue weighted by Crippen LogP contribution is 2.28. The summed E-state index contributed by atoms with van der Waals surface area (Å²) >= 11 is 0. The summed E-state index contributed by atoms with van der Waals surface area (Å²) in [6.45, 7) is 4.44. The lowest BCUT2D eigenvalue weighted by Gasteiger charge is -2.35. The van der Waals surface area contributed by atoms with Crippen molar-refractivity contribution in [2.45, 2.75) is 51.0 Å². The molecule has 2 heterocycles. The first-order valence-electron chi connectivity index (χ1n) is 12.1. The Balaban J connectivity index is 1.26. The summed E-state index contributed by atoms with van der Waals surface area (Å²) in [6, 6.07) is 5.92. The first kappa shape index (κ1) is 23.5. The van der Waals surface area contributed by atoms with Crippen molar-refractivity contribution in [3.05, 3.63) is 53.9 Å². The number of rotatable bonds is 8. The van der Waals surface area contributed by atoms with Crippen LogP contribution in [0.3, 0.4) is 0 Å². The number of halogens is 2. The zero-order valence-corrected chi connectivity index (χ0v) is 19.1. The second-order valence-electron chi connectivity index (χ2n) is 9.16. The number of nitrogens with one attached hydrogen (secondary N) is 1. The number of aromatic nitrogens is 2. The van der Waals surface area contributed by atoms with Crippen molar-refractivity contribution in [1.29, 1.82) is 0 Å². The molecular formula is C25H33F2N5O. The minimum absolute atomic E-state index is 0.113. The lowest BCUT2D eigenvalue weighted by Crippen LogP contribution is -2.47. The molecule has 1 saturated carbocycles. The summed E-state index contributed by atoms with van der Waals surface area (Å²) in [5.74, 6) is 0.226. The van der Waals surface area contributed by atoms with Gasteiger partial charge in [-0.25, -0.2) is 18.7 Å². The van der Waals surface area contributed by atoms with E-state index in [2.05, 4.69) is 25.1 Å². The fourth-order valence-corrected chi connectivity index (χ4v) is 4.99. The van der Waals surface area contributed by atoms with Crippen LogP contribution in [0.2, 0.25) is 0 Å². The molecule has 1 aliphatic carbocycles. The zero-order valence-electron chi connectivity index (χ0n) is 19.1. The lowest BCUT2D eigenvalue weighted by atomic mass is 9.82. The SMILES string of the molecule is O=C(NC(CCCN1CCN(c2ncc(F)cn2)CC1)C1CCCCC1)c1ccc(F)cc1. The average Bonchev–Trinajstić information content (AvgIpc) is 2.85. The summed E-state index contributed by atoms with van der Waals surface area (Å²) in [5, 5.41) is 3.26. The van der Waals surface area contributed by atoms with Crippen LogP contribution in [0.4, 0.5) is 14.7 Å². The van der Waals surface area contributed by atoms with Gasteiger partial charge in [0.2, 0.25) is 5.95 Å².